The van der Waals surface area contributed by atoms with E-state index in [0.29, 0.717) is 39.3 Å². The Bertz CT molecular complexity index is 1200. The standard InChI is InChI=1S/C39H50O4/c1-2-3-4-5-6-16-23-36(40)37-35-26-38(29-42-27-31-17-10-7-11-18-31,30-43-28-32-19-12-8-13-20-32)24-33(35)25-39(37,41)34-21-14-9-15-22-34/h7-15,17-22,33,35,37,41H,2-6,16,23-30H2,1H3/t33-,35-,37-,39+/m0/s1. The molecule has 2 aliphatic rings. The van der Waals surface area contributed by atoms with E-state index in [4.69, 9.17) is 9.47 Å². The highest BCUT2D eigenvalue weighted by atomic mass is 16.5. The average Bonchev–Trinajstić information content (AvgIpc) is 3.51. The van der Waals surface area contributed by atoms with Crippen LogP contribution in [0.3, 0.4) is 0 Å². The molecule has 0 heterocycles. The maximum Gasteiger partial charge on any atom is 0.139 e. The molecule has 3 aromatic rings. The van der Waals surface area contributed by atoms with E-state index in [9.17, 15) is 9.90 Å². The first-order valence-electron chi connectivity index (χ1n) is 16.6. The number of rotatable bonds is 17. The number of carbonyl (C=O) groups is 1. The molecule has 230 valence electrons. The van der Waals surface area contributed by atoms with Crippen molar-refractivity contribution in [3.8, 4) is 0 Å². The van der Waals surface area contributed by atoms with Crippen molar-refractivity contribution in [2.45, 2.75) is 89.9 Å². The predicted octanol–water partition coefficient (Wildman–Crippen LogP) is 8.66. The third kappa shape index (κ3) is 8.03. The number of hydrogen-bond acceptors (Lipinski definition) is 4. The summed E-state index contributed by atoms with van der Waals surface area (Å²) in [6.07, 6.45) is 9.80. The third-order valence-corrected chi connectivity index (χ3v) is 9.92. The van der Waals surface area contributed by atoms with Gasteiger partial charge in [-0.15, -0.1) is 0 Å². The molecule has 1 N–H and O–H groups in total. The van der Waals surface area contributed by atoms with Gasteiger partial charge in [-0.3, -0.25) is 4.79 Å². The van der Waals surface area contributed by atoms with Crippen molar-refractivity contribution in [3.05, 3.63) is 108 Å². The van der Waals surface area contributed by atoms with Gasteiger partial charge in [0.05, 0.1) is 37.9 Å². The minimum atomic E-state index is -1.11. The average molecular weight is 583 g/mol. The van der Waals surface area contributed by atoms with Crippen LogP contribution in [0, 0.1) is 23.2 Å². The summed E-state index contributed by atoms with van der Waals surface area (Å²) < 4.78 is 12.8. The molecule has 2 saturated carbocycles. The summed E-state index contributed by atoms with van der Waals surface area (Å²) in [5.41, 5.74) is 1.91. The maximum atomic E-state index is 14.1. The van der Waals surface area contributed by atoms with Crippen LogP contribution in [0.2, 0.25) is 0 Å². The molecule has 4 heteroatoms. The lowest BCUT2D eigenvalue weighted by molar-refractivity contribution is -0.134. The van der Waals surface area contributed by atoms with Gasteiger partial charge in [0.15, 0.2) is 0 Å². The van der Waals surface area contributed by atoms with Gasteiger partial charge < -0.3 is 14.6 Å². The van der Waals surface area contributed by atoms with E-state index in [2.05, 4.69) is 31.2 Å². The first-order chi connectivity index (χ1) is 21.0. The van der Waals surface area contributed by atoms with Crippen LogP contribution in [-0.4, -0.2) is 24.1 Å². The Morgan fingerprint density at radius 2 is 1.26 bits per heavy atom. The van der Waals surface area contributed by atoms with Crippen LogP contribution in [0.5, 0.6) is 0 Å². The van der Waals surface area contributed by atoms with Crippen molar-refractivity contribution in [2.24, 2.45) is 23.2 Å². The second kappa shape index (κ2) is 15.3. The van der Waals surface area contributed by atoms with Gasteiger partial charge in [-0.25, -0.2) is 0 Å². The topological polar surface area (TPSA) is 55.8 Å². The molecule has 3 aromatic carbocycles. The van der Waals surface area contributed by atoms with E-state index in [1.165, 1.54) is 25.7 Å². The van der Waals surface area contributed by atoms with E-state index >= 15 is 0 Å². The van der Waals surface area contributed by atoms with Crippen molar-refractivity contribution in [2.75, 3.05) is 13.2 Å². The number of aliphatic hydroxyl groups is 1. The van der Waals surface area contributed by atoms with Crippen LogP contribution in [0.1, 0.15) is 87.8 Å². The molecule has 0 spiro atoms. The Morgan fingerprint density at radius 3 is 1.84 bits per heavy atom. The first-order valence-corrected chi connectivity index (χ1v) is 16.6. The number of fused-ring (bicyclic) bond motifs is 1. The minimum Gasteiger partial charge on any atom is -0.384 e. The van der Waals surface area contributed by atoms with Gasteiger partial charge in [0.25, 0.3) is 0 Å². The minimum absolute atomic E-state index is 0.124. The van der Waals surface area contributed by atoms with E-state index < -0.39 is 5.60 Å². The van der Waals surface area contributed by atoms with Crippen molar-refractivity contribution in [1.29, 1.82) is 0 Å². The molecule has 0 bridgehead atoms. The SMILES string of the molecule is CCCCCCCCC(=O)[C@@H]1[C@H]2CC(COCc3ccccc3)(COCc3ccccc3)C[C@H]2C[C@@]1(O)c1ccccc1. The zero-order valence-electron chi connectivity index (χ0n) is 26.0. The Hall–Kier alpha value is -2.79. The highest BCUT2D eigenvalue weighted by Crippen LogP contribution is 2.62. The fraction of sp³-hybridized carbons (Fsp3) is 0.513. The normalized spacial score (nSPS) is 24.2. The lowest BCUT2D eigenvalue weighted by atomic mass is 9.73. The van der Waals surface area contributed by atoms with Crippen molar-refractivity contribution in [3.63, 3.8) is 0 Å². The molecule has 5 rings (SSSR count). The van der Waals surface area contributed by atoms with Crippen LogP contribution in [0.4, 0.5) is 0 Å². The zero-order chi connectivity index (χ0) is 30.0. The van der Waals surface area contributed by atoms with Crippen molar-refractivity contribution < 1.29 is 19.4 Å². The van der Waals surface area contributed by atoms with E-state index in [1.54, 1.807) is 0 Å². The molecule has 0 amide bonds. The van der Waals surface area contributed by atoms with Crippen LogP contribution >= 0.6 is 0 Å². The summed E-state index contributed by atoms with van der Waals surface area (Å²) in [4.78, 5) is 14.1. The molecule has 0 aliphatic heterocycles. The fourth-order valence-corrected chi connectivity index (χ4v) is 7.91. The van der Waals surface area contributed by atoms with Crippen molar-refractivity contribution in [1.82, 2.24) is 0 Å². The molecule has 2 aliphatic carbocycles. The molecule has 43 heavy (non-hydrogen) atoms. The van der Waals surface area contributed by atoms with Gasteiger partial charge in [-0.1, -0.05) is 130 Å². The maximum absolute atomic E-state index is 14.1. The van der Waals surface area contributed by atoms with Crippen LogP contribution in [0.25, 0.3) is 0 Å². The molecular formula is C39H50O4. The van der Waals surface area contributed by atoms with Gasteiger partial charge in [-0.2, -0.15) is 0 Å². The van der Waals surface area contributed by atoms with E-state index in [1.807, 2.05) is 66.7 Å². The largest absolute Gasteiger partial charge is 0.384 e. The van der Waals surface area contributed by atoms with E-state index in [-0.39, 0.29) is 29.0 Å². The number of Topliss-reactive ketones (excluding diaryl/α,β-unsaturated/α-hetero) is 1. The summed E-state index contributed by atoms with van der Waals surface area (Å²) >= 11 is 0. The lowest BCUT2D eigenvalue weighted by Gasteiger charge is -2.36. The Kier molecular flexibility index (Phi) is 11.2. The Morgan fingerprint density at radius 1 is 0.721 bits per heavy atom. The third-order valence-electron chi connectivity index (χ3n) is 9.92. The highest BCUT2D eigenvalue weighted by molar-refractivity contribution is 5.83. The molecule has 0 radical (unpaired) electrons. The molecule has 0 saturated heterocycles. The number of unbranched alkanes of at least 4 members (excludes halogenated alkanes) is 5. The smallest absolute Gasteiger partial charge is 0.139 e. The fourth-order valence-electron chi connectivity index (χ4n) is 7.91. The second-order valence-corrected chi connectivity index (χ2v) is 13.2. The quantitative estimate of drug-likeness (QED) is 0.162. The van der Waals surface area contributed by atoms with Crippen LogP contribution in [-0.2, 0) is 33.1 Å². The molecule has 0 aromatic heterocycles. The second-order valence-electron chi connectivity index (χ2n) is 13.2. The molecule has 2 fully saturated rings. The Balaban J connectivity index is 1.32. The molecule has 4 nitrogen and oxygen atoms in total. The molecular weight excluding hydrogens is 532 g/mol. The van der Waals surface area contributed by atoms with Crippen molar-refractivity contribution >= 4 is 5.78 Å². The summed E-state index contributed by atoms with van der Waals surface area (Å²) in [5, 5.41) is 12.3. The lowest BCUT2D eigenvalue weighted by Crippen LogP contribution is -2.40. The van der Waals surface area contributed by atoms with Crippen LogP contribution < -0.4 is 0 Å². The predicted molar refractivity (Wildman–Crippen MR) is 172 cm³/mol. The summed E-state index contributed by atoms with van der Waals surface area (Å²) in [5.74, 6) is 0.226. The number of carbonyl (C=O) groups excluding carboxylic acids is 1. The van der Waals surface area contributed by atoms with Gasteiger partial charge >= 0.3 is 0 Å². The summed E-state index contributed by atoms with van der Waals surface area (Å²) in [6, 6.07) is 30.6. The number of hydrogen-bond donors (Lipinski definition) is 1. The monoisotopic (exact) mass is 582 g/mol. The Labute approximate surface area is 258 Å². The van der Waals surface area contributed by atoms with Gasteiger partial charge in [-0.05, 0) is 54.2 Å². The number of ether oxygens (including phenoxy) is 2. The molecule has 0 unspecified atom stereocenters. The number of benzene rings is 3. The highest BCUT2D eigenvalue weighted by Gasteiger charge is 2.62. The van der Waals surface area contributed by atoms with Gasteiger partial charge in [0.1, 0.15) is 5.78 Å². The van der Waals surface area contributed by atoms with Gasteiger partial charge in [0.2, 0.25) is 0 Å². The van der Waals surface area contributed by atoms with E-state index in [0.717, 1.165) is 42.4 Å². The zero-order valence-corrected chi connectivity index (χ0v) is 26.0. The van der Waals surface area contributed by atoms with Crippen LogP contribution in [0.15, 0.2) is 91.0 Å². The molecule has 4 atom stereocenters. The summed E-state index contributed by atoms with van der Waals surface area (Å²) in [7, 11) is 0. The number of ketones is 1. The first kappa shape index (κ1) is 31.6. The summed E-state index contributed by atoms with van der Waals surface area (Å²) in [6.45, 7) is 4.53. The van der Waals surface area contributed by atoms with Gasteiger partial charge in [0, 0.05) is 11.8 Å².